The summed E-state index contributed by atoms with van der Waals surface area (Å²) in [6.45, 7) is 13.2. The summed E-state index contributed by atoms with van der Waals surface area (Å²) >= 11 is 0. The molecule has 0 spiro atoms. The molecule has 1 rings (SSSR count). The predicted molar refractivity (Wildman–Crippen MR) is 112 cm³/mol. The van der Waals surface area contributed by atoms with Crippen molar-refractivity contribution in [1.29, 1.82) is 0 Å². The normalized spacial score (nSPS) is 12.4. The molecule has 5 nitrogen and oxygen atoms in total. The molecule has 2 amide bonds. The number of rotatable bonds is 8. The summed E-state index contributed by atoms with van der Waals surface area (Å²) in [5.74, 6) is -1.03. The molecule has 0 saturated carbocycles. The standard InChI is InChI=1S/C19H28N2O3.C3H8/c1-6-15-7-9-16(10-8-15)21-19(24)13(4)11-17(23)18(12(2)3)20-14(5)22;1-3-2/h7-10,12-13,18H,6,11H2,1-5H3,(H,20,22)(H,21,24);3H2,1-2H3/t13-,18?;/m1./s1. The number of Topliss-reactive ketones (excluding diaryl/α,β-unsaturated/α-hetero) is 1. The van der Waals surface area contributed by atoms with Gasteiger partial charge < -0.3 is 10.6 Å². The van der Waals surface area contributed by atoms with Gasteiger partial charge in [-0.2, -0.15) is 0 Å². The van der Waals surface area contributed by atoms with Crippen molar-refractivity contribution in [3.8, 4) is 0 Å². The molecule has 0 saturated heterocycles. The van der Waals surface area contributed by atoms with Gasteiger partial charge in [-0.05, 0) is 30.0 Å². The number of amides is 2. The molecule has 0 bridgehead atoms. The fourth-order valence-corrected chi connectivity index (χ4v) is 2.45. The van der Waals surface area contributed by atoms with E-state index in [2.05, 4.69) is 31.4 Å². The van der Waals surface area contributed by atoms with E-state index < -0.39 is 12.0 Å². The van der Waals surface area contributed by atoms with Gasteiger partial charge in [-0.1, -0.05) is 60.1 Å². The van der Waals surface area contributed by atoms with Gasteiger partial charge in [0.1, 0.15) is 0 Å². The third-order valence-corrected chi connectivity index (χ3v) is 3.96. The van der Waals surface area contributed by atoms with Crippen LogP contribution in [0.25, 0.3) is 0 Å². The second kappa shape index (κ2) is 13.1. The quantitative estimate of drug-likeness (QED) is 0.708. The summed E-state index contributed by atoms with van der Waals surface area (Å²) in [6.07, 6.45) is 2.29. The highest BCUT2D eigenvalue weighted by Gasteiger charge is 2.26. The van der Waals surface area contributed by atoms with Crippen LogP contribution in [0.2, 0.25) is 0 Å². The van der Waals surface area contributed by atoms with E-state index >= 15 is 0 Å². The van der Waals surface area contributed by atoms with Crippen LogP contribution in [0.4, 0.5) is 5.69 Å². The van der Waals surface area contributed by atoms with Crippen molar-refractivity contribution >= 4 is 23.3 Å². The van der Waals surface area contributed by atoms with Crippen LogP contribution in [-0.2, 0) is 20.8 Å². The smallest absolute Gasteiger partial charge is 0.227 e. The van der Waals surface area contributed by atoms with Gasteiger partial charge in [-0.25, -0.2) is 0 Å². The zero-order valence-corrected chi connectivity index (χ0v) is 17.9. The Morgan fingerprint density at radius 2 is 1.48 bits per heavy atom. The molecule has 0 aliphatic rings. The van der Waals surface area contributed by atoms with E-state index in [-0.39, 0.29) is 29.9 Å². The third kappa shape index (κ3) is 9.92. The lowest BCUT2D eigenvalue weighted by atomic mass is 9.93. The summed E-state index contributed by atoms with van der Waals surface area (Å²) in [4.78, 5) is 35.9. The summed E-state index contributed by atoms with van der Waals surface area (Å²) in [6, 6.07) is 7.11. The summed E-state index contributed by atoms with van der Waals surface area (Å²) < 4.78 is 0. The van der Waals surface area contributed by atoms with Crippen molar-refractivity contribution in [1.82, 2.24) is 5.32 Å². The minimum Gasteiger partial charge on any atom is -0.346 e. The van der Waals surface area contributed by atoms with Crippen LogP contribution in [0.5, 0.6) is 0 Å². The van der Waals surface area contributed by atoms with E-state index in [1.807, 2.05) is 38.1 Å². The molecule has 152 valence electrons. The monoisotopic (exact) mass is 376 g/mol. The molecule has 0 aliphatic carbocycles. The average Bonchev–Trinajstić information content (AvgIpc) is 2.60. The minimum absolute atomic E-state index is 0.0155. The van der Waals surface area contributed by atoms with Gasteiger partial charge in [0, 0.05) is 24.9 Å². The summed E-state index contributed by atoms with van der Waals surface area (Å²) in [5.41, 5.74) is 1.92. The largest absolute Gasteiger partial charge is 0.346 e. The van der Waals surface area contributed by atoms with E-state index in [0.717, 1.165) is 12.1 Å². The first kappa shape index (κ1) is 24.8. The molecule has 27 heavy (non-hydrogen) atoms. The fraction of sp³-hybridized carbons (Fsp3) is 0.591. The fourth-order valence-electron chi connectivity index (χ4n) is 2.45. The lowest BCUT2D eigenvalue weighted by molar-refractivity contribution is -0.130. The van der Waals surface area contributed by atoms with E-state index in [4.69, 9.17) is 0 Å². The Balaban J connectivity index is 0.00000210. The van der Waals surface area contributed by atoms with Crippen LogP contribution in [0.3, 0.4) is 0 Å². The Morgan fingerprint density at radius 3 is 1.89 bits per heavy atom. The van der Waals surface area contributed by atoms with Crippen LogP contribution in [0, 0.1) is 11.8 Å². The van der Waals surface area contributed by atoms with Gasteiger partial charge in [0.25, 0.3) is 0 Å². The van der Waals surface area contributed by atoms with Gasteiger partial charge in [0.2, 0.25) is 11.8 Å². The van der Waals surface area contributed by atoms with Crippen molar-refractivity contribution in [2.45, 2.75) is 73.8 Å². The first-order valence-electron chi connectivity index (χ1n) is 9.85. The molecule has 5 heteroatoms. The molecule has 0 aromatic heterocycles. The summed E-state index contributed by atoms with van der Waals surface area (Å²) in [5, 5.41) is 5.49. The van der Waals surface area contributed by atoms with Gasteiger partial charge in [0.05, 0.1) is 6.04 Å². The van der Waals surface area contributed by atoms with Crippen LogP contribution in [-0.4, -0.2) is 23.6 Å². The number of hydrogen-bond donors (Lipinski definition) is 2. The number of carbonyl (C=O) groups excluding carboxylic acids is 3. The molecule has 1 aromatic rings. The van der Waals surface area contributed by atoms with Crippen LogP contribution >= 0.6 is 0 Å². The SMILES string of the molecule is CCC.CCc1ccc(NC(=O)[C@H](C)CC(=O)C(NC(C)=O)C(C)C)cc1. The van der Waals surface area contributed by atoms with E-state index in [1.54, 1.807) is 6.92 Å². The van der Waals surface area contributed by atoms with Crippen molar-refractivity contribution in [2.75, 3.05) is 5.32 Å². The topological polar surface area (TPSA) is 75.3 Å². The minimum atomic E-state index is -0.554. The number of nitrogens with one attached hydrogen (secondary N) is 2. The van der Waals surface area contributed by atoms with Crippen molar-refractivity contribution in [3.63, 3.8) is 0 Å². The van der Waals surface area contributed by atoms with Gasteiger partial charge in [-0.3, -0.25) is 14.4 Å². The number of ketones is 1. The maximum absolute atomic E-state index is 12.4. The number of hydrogen-bond acceptors (Lipinski definition) is 3. The molecule has 0 fully saturated rings. The maximum atomic E-state index is 12.4. The molecular formula is C22H36N2O3. The van der Waals surface area contributed by atoms with Crippen molar-refractivity contribution < 1.29 is 14.4 Å². The zero-order chi connectivity index (χ0) is 21.0. The lowest BCUT2D eigenvalue weighted by Crippen LogP contribution is -2.44. The van der Waals surface area contributed by atoms with Crippen LogP contribution in [0.1, 0.15) is 66.9 Å². The number of carbonyl (C=O) groups is 3. The third-order valence-electron chi connectivity index (χ3n) is 3.96. The first-order chi connectivity index (χ1) is 12.7. The molecular weight excluding hydrogens is 340 g/mol. The highest BCUT2D eigenvalue weighted by molar-refractivity contribution is 5.97. The second-order valence-electron chi connectivity index (χ2n) is 7.24. The molecule has 2 N–H and O–H groups in total. The predicted octanol–water partition coefficient (Wildman–Crippen LogP) is 4.36. The van der Waals surface area contributed by atoms with E-state index in [9.17, 15) is 14.4 Å². The van der Waals surface area contributed by atoms with Crippen molar-refractivity contribution in [3.05, 3.63) is 29.8 Å². The van der Waals surface area contributed by atoms with Gasteiger partial charge in [0.15, 0.2) is 5.78 Å². The first-order valence-corrected chi connectivity index (χ1v) is 9.85. The molecule has 0 aliphatic heterocycles. The second-order valence-corrected chi connectivity index (χ2v) is 7.24. The molecule has 2 atom stereocenters. The van der Waals surface area contributed by atoms with Crippen molar-refractivity contribution in [2.24, 2.45) is 11.8 Å². The summed E-state index contributed by atoms with van der Waals surface area (Å²) in [7, 11) is 0. The lowest BCUT2D eigenvalue weighted by Gasteiger charge is -2.22. The average molecular weight is 377 g/mol. The Morgan fingerprint density at radius 1 is 0.963 bits per heavy atom. The Labute approximate surface area is 164 Å². The Bertz CT molecular complexity index is 594. The van der Waals surface area contributed by atoms with Crippen LogP contribution in [0.15, 0.2) is 24.3 Å². The van der Waals surface area contributed by atoms with E-state index in [1.165, 1.54) is 18.9 Å². The zero-order valence-electron chi connectivity index (χ0n) is 17.9. The van der Waals surface area contributed by atoms with Crippen LogP contribution < -0.4 is 10.6 Å². The molecule has 1 unspecified atom stereocenters. The molecule has 1 aromatic carbocycles. The Kier molecular flexibility index (Phi) is 12.0. The highest BCUT2D eigenvalue weighted by Crippen LogP contribution is 2.15. The molecule has 0 radical (unpaired) electrons. The highest BCUT2D eigenvalue weighted by atomic mass is 16.2. The Hall–Kier alpha value is -2.17. The molecule has 0 heterocycles. The maximum Gasteiger partial charge on any atom is 0.227 e. The van der Waals surface area contributed by atoms with E-state index in [0.29, 0.717) is 0 Å². The van der Waals surface area contributed by atoms with Gasteiger partial charge in [-0.15, -0.1) is 0 Å². The van der Waals surface area contributed by atoms with Gasteiger partial charge >= 0.3 is 0 Å². The number of benzene rings is 1. The number of anilines is 1. The number of aryl methyl sites for hydroxylation is 1.